The number of nitrogens with zero attached hydrogens (tertiary/aromatic N) is 6. The molecule has 3 N–H and O–H groups in total. The molecule has 11 heteroatoms. The fraction of sp³-hybridized carbons (Fsp3) is 0.226. The number of aliphatic hydroxyl groups is 1. The lowest BCUT2D eigenvalue weighted by molar-refractivity contribution is 0.0635. The number of fused-ring (bicyclic) bond motifs is 1. The van der Waals surface area contributed by atoms with Gasteiger partial charge in [0.15, 0.2) is 0 Å². The van der Waals surface area contributed by atoms with Crippen molar-refractivity contribution in [3.8, 4) is 22.8 Å². The number of aliphatic hydroxyl groups excluding tert-OH is 1. The van der Waals surface area contributed by atoms with Gasteiger partial charge in [0, 0.05) is 41.9 Å². The van der Waals surface area contributed by atoms with Gasteiger partial charge in [-0.15, -0.1) is 0 Å². The van der Waals surface area contributed by atoms with Gasteiger partial charge in [0.2, 0.25) is 11.8 Å². The lowest BCUT2D eigenvalue weighted by atomic mass is 9.93. The zero-order valence-corrected chi connectivity index (χ0v) is 23.4. The Morgan fingerprint density at radius 1 is 1.02 bits per heavy atom. The van der Waals surface area contributed by atoms with E-state index in [1.807, 2.05) is 74.2 Å². The molecule has 2 aromatic carbocycles. The van der Waals surface area contributed by atoms with Crippen LogP contribution in [0.1, 0.15) is 48.3 Å². The Bertz CT molecular complexity index is 1720. The van der Waals surface area contributed by atoms with Gasteiger partial charge in [-0.1, -0.05) is 35.5 Å². The van der Waals surface area contributed by atoms with E-state index < -0.39 is 11.6 Å². The smallest absolute Gasteiger partial charge is 0.263 e. The molecule has 0 bridgehead atoms. The molecule has 3 aromatic heterocycles. The maximum Gasteiger partial charge on any atom is 0.263 e. The quantitative estimate of drug-likeness (QED) is 0.220. The maximum absolute atomic E-state index is 12.9. The summed E-state index contributed by atoms with van der Waals surface area (Å²) in [4.78, 5) is 32.7. The Hall–Kier alpha value is -5.16. The molecule has 6 rings (SSSR count). The predicted molar refractivity (Wildman–Crippen MR) is 158 cm³/mol. The third-order valence-corrected chi connectivity index (χ3v) is 7.48. The number of pyridine rings is 1. The summed E-state index contributed by atoms with van der Waals surface area (Å²) in [6.07, 6.45) is 4.91. The van der Waals surface area contributed by atoms with Crippen molar-refractivity contribution < 1.29 is 14.4 Å². The highest BCUT2D eigenvalue weighted by Crippen LogP contribution is 2.40. The summed E-state index contributed by atoms with van der Waals surface area (Å²) in [6.45, 7) is 6.51. The van der Waals surface area contributed by atoms with E-state index in [1.165, 1.54) is 0 Å². The second-order valence-electron chi connectivity index (χ2n) is 10.4. The van der Waals surface area contributed by atoms with Crippen molar-refractivity contribution in [1.29, 1.82) is 0 Å². The van der Waals surface area contributed by atoms with Crippen LogP contribution < -0.4 is 10.6 Å². The molecule has 42 heavy (non-hydrogen) atoms. The van der Waals surface area contributed by atoms with E-state index in [0.29, 0.717) is 35.3 Å². The Morgan fingerprint density at radius 3 is 2.55 bits per heavy atom. The average molecular weight is 563 g/mol. The van der Waals surface area contributed by atoms with Gasteiger partial charge < -0.3 is 25.2 Å². The SMILES string of the molecule is CCN1C(=O)c2ccc(Nc3ncc(-c4nc(-c5ccncc5)no4)c(N[C@H](CO)c4ccccc4)n3)cc2C1(C)C. The number of amides is 1. The van der Waals surface area contributed by atoms with Crippen molar-refractivity contribution in [2.75, 3.05) is 23.8 Å². The van der Waals surface area contributed by atoms with Crippen LogP contribution in [0.25, 0.3) is 22.8 Å². The van der Waals surface area contributed by atoms with Crippen LogP contribution in [0, 0.1) is 0 Å². The number of hydrogen-bond acceptors (Lipinski definition) is 10. The molecule has 0 spiro atoms. The van der Waals surface area contributed by atoms with Crippen molar-refractivity contribution in [3.05, 3.63) is 95.9 Å². The molecular formula is C31H30N8O3. The van der Waals surface area contributed by atoms with Crippen LogP contribution in [0.4, 0.5) is 17.5 Å². The predicted octanol–water partition coefficient (Wildman–Crippen LogP) is 5.19. The molecular weight excluding hydrogens is 532 g/mol. The van der Waals surface area contributed by atoms with Gasteiger partial charge in [-0.25, -0.2) is 4.98 Å². The molecule has 1 atom stereocenters. The van der Waals surface area contributed by atoms with E-state index >= 15 is 0 Å². The highest BCUT2D eigenvalue weighted by molar-refractivity contribution is 6.00. The van der Waals surface area contributed by atoms with Gasteiger partial charge in [-0.3, -0.25) is 9.78 Å². The monoisotopic (exact) mass is 562 g/mol. The first kappa shape index (κ1) is 27.0. The zero-order chi connectivity index (χ0) is 29.3. The lowest BCUT2D eigenvalue weighted by Gasteiger charge is -2.31. The minimum Gasteiger partial charge on any atom is -0.394 e. The molecule has 0 fully saturated rings. The lowest BCUT2D eigenvalue weighted by Crippen LogP contribution is -2.38. The molecule has 1 amide bonds. The van der Waals surface area contributed by atoms with E-state index in [1.54, 1.807) is 30.7 Å². The van der Waals surface area contributed by atoms with Crippen LogP contribution >= 0.6 is 0 Å². The summed E-state index contributed by atoms with van der Waals surface area (Å²) >= 11 is 0. The van der Waals surface area contributed by atoms with Crippen molar-refractivity contribution in [2.45, 2.75) is 32.4 Å². The number of rotatable bonds is 9. The van der Waals surface area contributed by atoms with Crippen molar-refractivity contribution in [3.63, 3.8) is 0 Å². The molecule has 0 saturated carbocycles. The van der Waals surface area contributed by atoms with Crippen LogP contribution in [0.5, 0.6) is 0 Å². The Labute approximate surface area is 242 Å². The molecule has 0 unspecified atom stereocenters. The number of benzene rings is 2. The molecule has 212 valence electrons. The first-order valence-electron chi connectivity index (χ1n) is 13.7. The minimum atomic E-state index is -0.456. The highest BCUT2D eigenvalue weighted by Gasteiger charge is 2.42. The third-order valence-electron chi connectivity index (χ3n) is 7.48. The van der Waals surface area contributed by atoms with Crippen LogP contribution in [0.15, 0.2) is 83.8 Å². The third kappa shape index (κ3) is 4.94. The maximum atomic E-state index is 12.9. The van der Waals surface area contributed by atoms with Gasteiger partial charge in [0.1, 0.15) is 11.4 Å². The first-order chi connectivity index (χ1) is 20.4. The minimum absolute atomic E-state index is 0.0257. The number of carbonyl (C=O) groups excluding carboxylic acids is 1. The Kier molecular flexibility index (Phi) is 7.09. The number of hydrogen-bond donors (Lipinski definition) is 3. The van der Waals surface area contributed by atoms with Crippen LogP contribution in [0.3, 0.4) is 0 Å². The van der Waals surface area contributed by atoms with Crippen LogP contribution in [-0.4, -0.2) is 54.2 Å². The second kappa shape index (κ2) is 11.0. The van der Waals surface area contributed by atoms with Crippen molar-refractivity contribution >= 4 is 23.4 Å². The normalized spacial score (nSPS) is 14.5. The second-order valence-corrected chi connectivity index (χ2v) is 10.4. The average Bonchev–Trinajstić information content (AvgIpc) is 3.57. The summed E-state index contributed by atoms with van der Waals surface area (Å²) in [6, 6.07) is 18.4. The molecule has 1 aliphatic rings. The van der Waals surface area contributed by atoms with Gasteiger partial charge in [-0.05, 0) is 62.2 Å². The van der Waals surface area contributed by atoms with Crippen LogP contribution in [-0.2, 0) is 5.54 Å². The van der Waals surface area contributed by atoms with E-state index in [9.17, 15) is 9.90 Å². The van der Waals surface area contributed by atoms with Gasteiger partial charge in [-0.2, -0.15) is 9.97 Å². The van der Waals surface area contributed by atoms with E-state index in [2.05, 4.69) is 30.7 Å². The molecule has 4 heterocycles. The molecule has 0 saturated heterocycles. The fourth-order valence-electron chi connectivity index (χ4n) is 5.27. The largest absolute Gasteiger partial charge is 0.394 e. The first-order valence-corrected chi connectivity index (χ1v) is 13.7. The summed E-state index contributed by atoms with van der Waals surface area (Å²) < 4.78 is 5.61. The molecule has 1 aliphatic heterocycles. The zero-order valence-electron chi connectivity index (χ0n) is 23.4. The fourth-order valence-corrected chi connectivity index (χ4v) is 5.27. The highest BCUT2D eigenvalue weighted by atomic mass is 16.5. The van der Waals surface area contributed by atoms with Gasteiger partial charge in [0.05, 0.1) is 18.2 Å². The van der Waals surface area contributed by atoms with Gasteiger partial charge >= 0.3 is 0 Å². The number of anilines is 3. The standard InChI is InChI=1S/C31H30N8O3/c1-4-39-29(41)22-11-10-21(16-24(22)31(39,2)3)34-30-33-17-23(28-36-26(38-42-28)20-12-14-32-15-13-20)27(37-30)35-25(18-40)19-8-6-5-7-9-19/h5-17,25,40H,4,18H2,1-3H3,(H2,33,34,35,37)/t25-/m1/s1. The van der Waals surface area contributed by atoms with Crippen LogP contribution in [0.2, 0.25) is 0 Å². The Morgan fingerprint density at radius 2 is 1.81 bits per heavy atom. The van der Waals surface area contributed by atoms with Gasteiger partial charge in [0.25, 0.3) is 11.8 Å². The molecule has 0 radical (unpaired) electrons. The molecule has 0 aliphatic carbocycles. The van der Waals surface area contributed by atoms with E-state index in [4.69, 9.17) is 9.51 Å². The summed E-state index contributed by atoms with van der Waals surface area (Å²) in [5, 5.41) is 21.0. The molecule has 5 aromatic rings. The summed E-state index contributed by atoms with van der Waals surface area (Å²) in [5.41, 5.74) is 4.05. The van der Waals surface area contributed by atoms with E-state index in [0.717, 1.165) is 22.4 Å². The Balaban J connectivity index is 1.36. The summed E-state index contributed by atoms with van der Waals surface area (Å²) in [5.74, 6) is 1.36. The topological polar surface area (TPSA) is 142 Å². The van der Waals surface area contributed by atoms with Crippen molar-refractivity contribution in [2.24, 2.45) is 0 Å². The van der Waals surface area contributed by atoms with E-state index in [-0.39, 0.29) is 18.4 Å². The summed E-state index contributed by atoms with van der Waals surface area (Å²) in [7, 11) is 0. The number of aromatic nitrogens is 5. The number of carbonyl (C=O) groups is 1. The number of nitrogens with one attached hydrogen (secondary N) is 2. The van der Waals surface area contributed by atoms with Crippen molar-refractivity contribution in [1.82, 2.24) is 30.0 Å². The molecule has 11 nitrogen and oxygen atoms in total.